The summed E-state index contributed by atoms with van der Waals surface area (Å²) in [6, 6.07) is 9.38. The number of thiophene rings is 1. The molecule has 0 aliphatic rings. The molecule has 174 valence electrons. The first-order valence-electron chi connectivity index (χ1n) is 10.7. The first-order valence-corrected chi connectivity index (χ1v) is 12.5. The number of amides is 1. The molecule has 0 saturated heterocycles. The van der Waals surface area contributed by atoms with Gasteiger partial charge in [0.15, 0.2) is 5.16 Å². The largest absolute Gasteiger partial charge is 0.497 e. The summed E-state index contributed by atoms with van der Waals surface area (Å²) in [5.74, 6) is 0.297. The number of rotatable bonds is 8. The quantitative estimate of drug-likeness (QED) is 0.374. The zero-order valence-electron chi connectivity index (χ0n) is 19.7. The number of aryl methyl sites for hydroxylation is 2. The molecule has 3 rings (SSSR count). The second kappa shape index (κ2) is 9.98. The summed E-state index contributed by atoms with van der Waals surface area (Å²) in [6.07, 6.45) is 0.818. The predicted molar refractivity (Wildman–Crippen MR) is 134 cm³/mol. The average Bonchev–Trinajstić information content (AvgIpc) is 3.13. The van der Waals surface area contributed by atoms with E-state index in [4.69, 9.17) is 9.72 Å². The monoisotopic (exact) mass is 484 g/mol. The van der Waals surface area contributed by atoms with E-state index in [0.29, 0.717) is 26.8 Å². The second-order valence-electron chi connectivity index (χ2n) is 8.23. The minimum absolute atomic E-state index is 0.0247. The van der Waals surface area contributed by atoms with Gasteiger partial charge in [0.1, 0.15) is 16.1 Å². The van der Waals surface area contributed by atoms with E-state index in [0.717, 1.165) is 16.9 Å². The van der Waals surface area contributed by atoms with E-state index in [1.54, 1.807) is 26.2 Å². The highest BCUT2D eigenvalue weighted by atomic mass is 32.2. The Morgan fingerprint density at radius 3 is 2.76 bits per heavy atom. The third-order valence-electron chi connectivity index (χ3n) is 5.78. The molecule has 2 aromatic heterocycles. The second-order valence-corrected chi connectivity index (χ2v) is 10.3. The molecule has 0 bridgehead atoms. The minimum atomic E-state index is -0.970. The molecule has 1 amide bonds. The number of nitrogens with one attached hydrogen (secondary N) is 1. The van der Waals surface area contributed by atoms with Gasteiger partial charge in [-0.1, -0.05) is 38.6 Å². The van der Waals surface area contributed by atoms with Gasteiger partial charge in [0.2, 0.25) is 5.91 Å². The fraction of sp³-hybridized carbons (Fsp3) is 0.417. The van der Waals surface area contributed by atoms with E-state index in [9.17, 15) is 14.9 Å². The smallest absolute Gasteiger partial charge is 0.267 e. The Kier molecular flexibility index (Phi) is 7.50. The van der Waals surface area contributed by atoms with E-state index in [-0.39, 0.29) is 23.1 Å². The van der Waals surface area contributed by atoms with Crippen LogP contribution in [0.15, 0.2) is 34.2 Å². The maximum atomic E-state index is 13.6. The number of hydrogen-bond donors (Lipinski definition) is 1. The van der Waals surface area contributed by atoms with Crippen LogP contribution in [0.1, 0.15) is 38.1 Å². The average molecular weight is 485 g/mol. The number of ether oxygens (including phenoxy) is 1. The number of methoxy groups -OCH3 is 1. The first kappa shape index (κ1) is 24.8. The molecular weight excluding hydrogens is 456 g/mol. The number of nitrogens with zero attached hydrogens (tertiary/aromatic N) is 3. The molecule has 0 spiro atoms. The Morgan fingerprint density at radius 2 is 2.15 bits per heavy atom. The van der Waals surface area contributed by atoms with Crippen LogP contribution in [-0.4, -0.2) is 33.9 Å². The molecule has 2 heterocycles. The van der Waals surface area contributed by atoms with Gasteiger partial charge in [-0.3, -0.25) is 14.2 Å². The van der Waals surface area contributed by atoms with E-state index < -0.39 is 5.54 Å². The van der Waals surface area contributed by atoms with Gasteiger partial charge in [-0.05, 0) is 43.9 Å². The maximum absolute atomic E-state index is 13.6. The van der Waals surface area contributed by atoms with Crippen molar-refractivity contribution in [2.45, 2.75) is 51.7 Å². The summed E-state index contributed by atoms with van der Waals surface area (Å²) < 4.78 is 6.88. The molecule has 1 atom stereocenters. The molecule has 0 aliphatic heterocycles. The van der Waals surface area contributed by atoms with Crippen LogP contribution in [0.25, 0.3) is 15.9 Å². The fourth-order valence-electron chi connectivity index (χ4n) is 3.38. The standard InChI is InChI=1S/C24H28N4O3S2/c1-7-18-15(4)20-21(33-18)26-23(32-12-19(29)27-24(5,13-25)14(2)3)28(22(20)30)16-9-8-10-17(11-16)31-6/h8-11,14H,7,12H2,1-6H3,(H,27,29). The molecule has 3 aromatic rings. The van der Waals surface area contributed by atoms with Crippen LogP contribution >= 0.6 is 23.1 Å². The van der Waals surface area contributed by atoms with Gasteiger partial charge in [0, 0.05) is 10.9 Å². The van der Waals surface area contributed by atoms with Gasteiger partial charge in [0.25, 0.3) is 5.56 Å². The Balaban J connectivity index is 2.07. The van der Waals surface area contributed by atoms with Crippen molar-refractivity contribution in [1.82, 2.24) is 14.9 Å². The Hall–Kier alpha value is -2.83. The Bertz CT molecular complexity index is 1290. The third kappa shape index (κ3) is 4.92. The van der Waals surface area contributed by atoms with Crippen LogP contribution in [0, 0.1) is 24.2 Å². The van der Waals surface area contributed by atoms with Crippen LogP contribution < -0.4 is 15.6 Å². The highest BCUT2D eigenvalue weighted by Gasteiger charge is 2.30. The number of aromatic nitrogens is 2. The van der Waals surface area contributed by atoms with Gasteiger partial charge in [-0.25, -0.2) is 4.98 Å². The van der Waals surface area contributed by atoms with Crippen molar-refractivity contribution in [2.75, 3.05) is 12.9 Å². The van der Waals surface area contributed by atoms with Crippen LogP contribution in [0.3, 0.4) is 0 Å². The molecule has 7 nitrogen and oxygen atoms in total. The highest BCUT2D eigenvalue weighted by Crippen LogP contribution is 2.31. The minimum Gasteiger partial charge on any atom is -0.497 e. The summed E-state index contributed by atoms with van der Waals surface area (Å²) in [7, 11) is 1.57. The molecule has 0 fully saturated rings. The van der Waals surface area contributed by atoms with Crippen LogP contribution in [0.5, 0.6) is 5.75 Å². The molecule has 0 aliphatic carbocycles. The Labute approximate surface area is 201 Å². The lowest BCUT2D eigenvalue weighted by Gasteiger charge is -2.27. The fourth-order valence-corrected chi connectivity index (χ4v) is 5.35. The normalized spacial score (nSPS) is 13.0. The lowest BCUT2D eigenvalue weighted by molar-refractivity contribution is -0.120. The van der Waals surface area contributed by atoms with Crippen LogP contribution in [0.4, 0.5) is 0 Å². The Morgan fingerprint density at radius 1 is 1.42 bits per heavy atom. The van der Waals surface area contributed by atoms with Crippen molar-refractivity contribution < 1.29 is 9.53 Å². The summed E-state index contributed by atoms with van der Waals surface area (Å²) in [5, 5.41) is 13.3. The van der Waals surface area contributed by atoms with Crippen molar-refractivity contribution in [3.8, 4) is 17.5 Å². The molecule has 33 heavy (non-hydrogen) atoms. The van der Waals surface area contributed by atoms with Gasteiger partial charge in [-0.2, -0.15) is 5.26 Å². The van der Waals surface area contributed by atoms with Crippen molar-refractivity contribution in [2.24, 2.45) is 5.92 Å². The molecule has 0 radical (unpaired) electrons. The van der Waals surface area contributed by atoms with E-state index in [2.05, 4.69) is 18.3 Å². The summed E-state index contributed by atoms with van der Waals surface area (Å²) in [5.41, 5.74) is 0.420. The first-order chi connectivity index (χ1) is 15.6. The summed E-state index contributed by atoms with van der Waals surface area (Å²) >= 11 is 2.68. The predicted octanol–water partition coefficient (Wildman–Crippen LogP) is 4.47. The van der Waals surface area contributed by atoms with Crippen LogP contribution in [-0.2, 0) is 11.2 Å². The van der Waals surface area contributed by atoms with Gasteiger partial charge in [0.05, 0.1) is 30.0 Å². The molecular formula is C24H28N4O3S2. The number of fused-ring (bicyclic) bond motifs is 1. The van der Waals surface area contributed by atoms with Crippen molar-refractivity contribution in [3.63, 3.8) is 0 Å². The highest BCUT2D eigenvalue weighted by molar-refractivity contribution is 7.99. The number of carbonyl (C=O) groups excluding carboxylic acids is 1. The van der Waals surface area contributed by atoms with Crippen molar-refractivity contribution >= 4 is 39.2 Å². The third-order valence-corrected chi connectivity index (χ3v) is 8.05. The van der Waals surface area contributed by atoms with E-state index in [1.807, 2.05) is 32.9 Å². The van der Waals surface area contributed by atoms with Crippen molar-refractivity contribution in [3.05, 3.63) is 45.1 Å². The SMILES string of the molecule is CCc1sc2nc(SCC(=O)NC(C)(C#N)C(C)C)n(-c3cccc(OC)c3)c(=O)c2c1C. The summed E-state index contributed by atoms with van der Waals surface area (Å²) in [4.78, 5) is 32.9. The van der Waals surface area contributed by atoms with Gasteiger partial charge < -0.3 is 10.1 Å². The lowest BCUT2D eigenvalue weighted by atomic mass is 9.90. The topological polar surface area (TPSA) is 97.0 Å². The number of benzene rings is 1. The number of thioether (sulfide) groups is 1. The number of carbonyl (C=O) groups is 1. The molecule has 1 aromatic carbocycles. The van der Waals surface area contributed by atoms with E-state index in [1.165, 1.54) is 27.7 Å². The van der Waals surface area contributed by atoms with Gasteiger partial charge in [-0.15, -0.1) is 11.3 Å². The number of nitriles is 1. The van der Waals surface area contributed by atoms with Gasteiger partial charge >= 0.3 is 0 Å². The van der Waals surface area contributed by atoms with Crippen molar-refractivity contribution in [1.29, 1.82) is 5.26 Å². The number of hydrogen-bond acceptors (Lipinski definition) is 7. The summed E-state index contributed by atoms with van der Waals surface area (Å²) in [6.45, 7) is 9.48. The molecule has 9 heteroatoms. The van der Waals surface area contributed by atoms with E-state index >= 15 is 0 Å². The molecule has 1 N–H and O–H groups in total. The zero-order valence-corrected chi connectivity index (χ0v) is 21.3. The lowest BCUT2D eigenvalue weighted by Crippen LogP contribution is -2.49. The molecule has 1 unspecified atom stereocenters. The molecule has 0 saturated carbocycles. The zero-order chi connectivity index (χ0) is 24.3. The maximum Gasteiger partial charge on any atom is 0.267 e. The van der Waals surface area contributed by atoms with Crippen LogP contribution in [0.2, 0.25) is 0 Å².